The van der Waals surface area contributed by atoms with Gasteiger partial charge >= 0.3 is 0 Å². The topological polar surface area (TPSA) is 0 Å². The fourth-order valence-electron chi connectivity index (χ4n) is 0.716. The van der Waals surface area contributed by atoms with Gasteiger partial charge in [-0.1, -0.05) is 28.1 Å². The lowest BCUT2D eigenvalue weighted by Gasteiger charge is -2.04. The van der Waals surface area contributed by atoms with E-state index >= 15 is 0 Å². The fraction of sp³-hybridized carbons (Fsp3) is 0.333. The molecule has 0 atom stereocenters. The summed E-state index contributed by atoms with van der Waals surface area (Å²) in [7, 11) is 2.16. The average molecular weight is 171 g/mol. The normalized spacial score (nSPS) is 19.6. The molecular weight excluding hydrogens is 163 g/mol. The van der Waals surface area contributed by atoms with Crippen molar-refractivity contribution in [1.82, 2.24) is 0 Å². The third-order valence-corrected chi connectivity index (χ3v) is 1.97. The highest BCUT2D eigenvalue weighted by atomic mass is 79.9. The highest BCUT2D eigenvalue weighted by Crippen LogP contribution is 2.20. The Kier molecular flexibility index (Phi) is 1.95. The van der Waals surface area contributed by atoms with Crippen LogP contribution in [0, 0.1) is 0 Å². The van der Waals surface area contributed by atoms with E-state index in [1.807, 2.05) is 0 Å². The first-order chi connectivity index (χ1) is 3.79. The van der Waals surface area contributed by atoms with Crippen molar-refractivity contribution in [2.45, 2.75) is 12.8 Å². The molecule has 0 fully saturated rings. The summed E-state index contributed by atoms with van der Waals surface area (Å²) in [5.74, 6) is 0. The van der Waals surface area contributed by atoms with Crippen LogP contribution in [-0.2, 0) is 0 Å². The summed E-state index contributed by atoms with van der Waals surface area (Å²) < 4.78 is 1.32. The van der Waals surface area contributed by atoms with Crippen molar-refractivity contribution in [3.8, 4) is 0 Å². The van der Waals surface area contributed by atoms with Crippen LogP contribution in [0.15, 0.2) is 22.1 Å². The van der Waals surface area contributed by atoms with Crippen molar-refractivity contribution in [1.29, 1.82) is 0 Å². The summed E-state index contributed by atoms with van der Waals surface area (Å²) in [5.41, 5.74) is 1.48. The third-order valence-electron chi connectivity index (χ3n) is 1.31. The molecule has 0 aromatic rings. The van der Waals surface area contributed by atoms with Gasteiger partial charge in [-0.25, -0.2) is 0 Å². The SMILES string of the molecule is BC1=CC=C(Br)CC1. The van der Waals surface area contributed by atoms with Crippen LogP contribution in [0.3, 0.4) is 0 Å². The molecule has 0 aliphatic heterocycles. The lowest BCUT2D eigenvalue weighted by Crippen LogP contribution is -1.87. The Morgan fingerprint density at radius 2 is 2.12 bits per heavy atom. The van der Waals surface area contributed by atoms with Gasteiger partial charge in [0.05, 0.1) is 0 Å². The van der Waals surface area contributed by atoms with Gasteiger partial charge in [0.2, 0.25) is 0 Å². The van der Waals surface area contributed by atoms with Crippen LogP contribution in [0.5, 0.6) is 0 Å². The number of rotatable bonds is 0. The van der Waals surface area contributed by atoms with Gasteiger partial charge in [-0.15, -0.1) is 5.47 Å². The zero-order chi connectivity index (χ0) is 5.98. The molecule has 1 aliphatic carbocycles. The first-order valence-electron chi connectivity index (χ1n) is 2.81. The van der Waals surface area contributed by atoms with Crippen molar-refractivity contribution in [3.05, 3.63) is 22.1 Å². The molecule has 0 aromatic carbocycles. The summed E-state index contributed by atoms with van der Waals surface area (Å²) in [6.07, 6.45) is 6.69. The van der Waals surface area contributed by atoms with Crippen LogP contribution >= 0.6 is 15.9 Å². The second-order valence-electron chi connectivity index (χ2n) is 2.13. The molecule has 0 unspecified atom stereocenters. The van der Waals surface area contributed by atoms with Gasteiger partial charge in [0.1, 0.15) is 7.85 Å². The number of hydrogen-bond donors (Lipinski definition) is 0. The molecule has 42 valence electrons. The largest absolute Gasteiger partial charge is 0.133 e. The van der Waals surface area contributed by atoms with Gasteiger partial charge in [-0.2, -0.15) is 0 Å². The average Bonchev–Trinajstić information content (AvgIpc) is 1.77. The van der Waals surface area contributed by atoms with Crippen LogP contribution in [0.1, 0.15) is 12.8 Å². The summed E-state index contributed by atoms with van der Waals surface area (Å²) in [6, 6.07) is 0. The van der Waals surface area contributed by atoms with Gasteiger partial charge in [0.15, 0.2) is 0 Å². The minimum atomic E-state index is 1.18. The standard InChI is InChI=1S/C6H8BBr/c7-5-1-3-6(8)4-2-5/h1,3H,2,4,7H2. The number of hydrogen-bond acceptors (Lipinski definition) is 0. The van der Waals surface area contributed by atoms with Crippen LogP contribution in [0.2, 0.25) is 0 Å². The third kappa shape index (κ3) is 1.51. The Balaban J connectivity index is 2.65. The maximum Gasteiger partial charge on any atom is 0.133 e. The van der Waals surface area contributed by atoms with Crippen LogP contribution < -0.4 is 0 Å². The van der Waals surface area contributed by atoms with Crippen molar-refractivity contribution in [2.24, 2.45) is 0 Å². The molecule has 0 aromatic heterocycles. The lowest BCUT2D eigenvalue weighted by molar-refractivity contribution is 1.01. The van der Waals surface area contributed by atoms with Crippen molar-refractivity contribution in [2.75, 3.05) is 0 Å². The molecular formula is C6H8BBr. The minimum Gasteiger partial charge on any atom is -0.110 e. The first-order valence-corrected chi connectivity index (χ1v) is 3.60. The molecule has 0 spiro atoms. The molecule has 0 heterocycles. The van der Waals surface area contributed by atoms with E-state index in [0.717, 1.165) is 0 Å². The Hall–Kier alpha value is 0.0249. The maximum absolute atomic E-state index is 3.43. The van der Waals surface area contributed by atoms with E-state index in [1.54, 1.807) is 0 Å². The minimum absolute atomic E-state index is 1.18. The van der Waals surface area contributed by atoms with Crippen molar-refractivity contribution < 1.29 is 0 Å². The van der Waals surface area contributed by atoms with E-state index in [2.05, 4.69) is 35.9 Å². The summed E-state index contributed by atoms with van der Waals surface area (Å²) in [5, 5.41) is 0. The second-order valence-corrected chi connectivity index (χ2v) is 3.15. The summed E-state index contributed by atoms with van der Waals surface area (Å²) >= 11 is 3.43. The smallest absolute Gasteiger partial charge is 0.110 e. The van der Waals surface area contributed by atoms with E-state index in [0.29, 0.717) is 0 Å². The molecule has 2 heteroatoms. The maximum atomic E-state index is 3.43. The first kappa shape index (κ1) is 6.15. The van der Waals surface area contributed by atoms with Crippen molar-refractivity contribution >= 4 is 23.8 Å². The van der Waals surface area contributed by atoms with Gasteiger partial charge in [-0.3, -0.25) is 0 Å². The van der Waals surface area contributed by atoms with E-state index in [9.17, 15) is 0 Å². The summed E-state index contributed by atoms with van der Waals surface area (Å²) in [4.78, 5) is 0. The highest BCUT2D eigenvalue weighted by Gasteiger charge is 1.97. The van der Waals surface area contributed by atoms with E-state index in [4.69, 9.17) is 0 Å². The van der Waals surface area contributed by atoms with Gasteiger partial charge in [0, 0.05) is 0 Å². The van der Waals surface area contributed by atoms with Gasteiger partial charge < -0.3 is 0 Å². The van der Waals surface area contributed by atoms with Gasteiger partial charge in [0.25, 0.3) is 0 Å². The molecule has 0 bridgehead atoms. The Morgan fingerprint density at radius 1 is 1.38 bits per heavy atom. The number of halogens is 1. The molecule has 0 saturated heterocycles. The van der Waals surface area contributed by atoms with Gasteiger partial charge in [-0.05, 0) is 17.3 Å². The quantitative estimate of drug-likeness (QED) is 0.485. The Labute approximate surface area is 59.2 Å². The van der Waals surface area contributed by atoms with Crippen molar-refractivity contribution in [3.63, 3.8) is 0 Å². The molecule has 1 aliphatic rings. The molecule has 0 radical (unpaired) electrons. The lowest BCUT2D eigenvalue weighted by atomic mass is 9.88. The predicted octanol–water partition coefficient (Wildman–Crippen LogP) is 1.58. The molecule has 0 nitrogen and oxygen atoms in total. The van der Waals surface area contributed by atoms with Crippen LogP contribution in [-0.4, -0.2) is 7.85 Å². The Bertz CT molecular complexity index is 129. The van der Waals surface area contributed by atoms with E-state index < -0.39 is 0 Å². The fourth-order valence-corrected chi connectivity index (χ4v) is 1.05. The highest BCUT2D eigenvalue weighted by molar-refractivity contribution is 9.11. The molecule has 1 rings (SSSR count). The molecule has 0 amide bonds. The van der Waals surface area contributed by atoms with E-state index in [1.165, 1.54) is 22.8 Å². The molecule has 8 heavy (non-hydrogen) atoms. The van der Waals surface area contributed by atoms with E-state index in [-0.39, 0.29) is 0 Å². The molecule has 0 saturated carbocycles. The monoisotopic (exact) mass is 170 g/mol. The zero-order valence-corrected chi connectivity index (χ0v) is 6.53. The number of allylic oxidation sites excluding steroid dienone is 4. The van der Waals surface area contributed by atoms with Crippen LogP contribution in [0.4, 0.5) is 0 Å². The summed E-state index contributed by atoms with van der Waals surface area (Å²) in [6.45, 7) is 0. The Morgan fingerprint density at radius 3 is 2.50 bits per heavy atom. The van der Waals surface area contributed by atoms with Crippen LogP contribution in [0.25, 0.3) is 0 Å². The predicted molar refractivity (Wildman–Crippen MR) is 42.9 cm³/mol. The molecule has 0 N–H and O–H groups in total. The second kappa shape index (κ2) is 2.54. The zero-order valence-electron chi connectivity index (χ0n) is 4.95.